The van der Waals surface area contributed by atoms with Crippen LogP contribution in [0.1, 0.15) is 44.4 Å². The Hall–Kier alpha value is -3.53. The minimum Gasteiger partial charge on any atom is -0.368 e. The molecule has 0 atom stereocenters. The van der Waals surface area contributed by atoms with E-state index in [1.54, 1.807) is 0 Å². The van der Waals surface area contributed by atoms with E-state index in [2.05, 4.69) is 125 Å². The van der Waals surface area contributed by atoms with Gasteiger partial charge in [0, 0.05) is 23.2 Å². The fourth-order valence-corrected chi connectivity index (χ4v) is 4.24. The molecule has 0 aliphatic carbocycles. The van der Waals surface area contributed by atoms with E-state index >= 15 is 0 Å². The lowest BCUT2D eigenvalue weighted by Gasteiger charge is -2.22. The van der Waals surface area contributed by atoms with Crippen LogP contribution >= 0.6 is 0 Å². The molecule has 0 unspecified atom stereocenters. The monoisotopic (exact) mass is 475 g/mol. The van der Waals surface area contributed by atoms with Crippen molar-refractivity contribution in [3.8, 4) is 39.6 Å². The van der Waals surface area contributed by atoms with Crippen molar-refractivity contribution in [1.29, 1.82) is 0 Å². The van der Waals surface area contributed by atoms with Gasteiger partial charge in [-0.1, -0.05) is 68.0 Å². The predicted molar refractivity (Wildman–Crippen MR) is 154 cm³/mol. The SMILES string of the molecule is [C-]#Cc1ccc(-c2cccc(-c3ccc(C#C[Si](C)(C)C)cc3)c2C(=NC(C)C)NC(C)C)cc1. The molecule has 0 spiro atoms. The van der Waals surface area contributed by atoms with E-state index in [9.17, 15) is 0 Å². The van der Waals surface area contributed by atoms with Crippen molar-refractivity contribution in [2.45, 2.75) is 59.4 Å². The second kappa shape index (κ2) is 11.3. The van der Waals surface area contributed by atoms with E-state index in [0.29, 0.717) is 0 Å². The third kappa shape index (κ3) is 7.22. The molecule has 0 saturated heterocycles. The zero-order valence-corrected chi connectivity index (χ0v) is 23.0. The van der Waals surface area contributed by atoms with Crippen LogP contribution in [0.5, 0.6) is 0 Å². The highest BCUT2D eigenvalue weighted by Gasteiger charge is 2.18. The summed E-state index contributed by atoms with van der Waals surface area (Å²) in [4.78, 5) is 5.01. The van der Waals surface area contributed by atoms with Gasteiger partial charge in [0.25, 0.3) is 0 Å². The molecule has 3 aromatic rings. The molecule has 35 heavy (non-hydrogen) atoms. The van der Waals surface area contributed by atoms with Gasteiger partial charge in [0.15, 0.2) is 0 Å². The minimum atomic E-state index is -1.43. The Labute approximate surface area is 212 Å². The number of nitrogens with zero attached hydrogens (tertiary/aromatic N) is 1. The van der Waals surface area contributed by atoms with Crippen LogP contribution in [-0.4, -0.2) is 26.0 Å². The van der Waals surface area contributed by atoms with Crippen molar-refractivity contribution >= 4 is 13.9 Å². The third-order valence-corrected chi connectivity index (χ3v) is 6.11. The number of amidine groups is 1. The van der Waals surface area contributed by atoms with E-state index < -0.39 is 8.07 Å². The first kappa shape index (κ1) is 26.1. The molecule has 0 radical (unpaired) electrons. The Balaban J connectivity index is 2.22. The first-order chi connectivity index (χ1) is 16.6. The average Bonchev–Trinajstić information content (AvgIpc) is 2.81. The van der Waals surface area contributed by atoms with Crippen LogP contribution in [0.4, 0.5) is 0 Å². The Bertz CT molecular complexity index is 1290. The molecule has 0 heterocycles. The summed E-state index contributed by atoms with van der Waals surface area (Å²) >= 11 is 0. The summed E-state index contributed by atoms with van der Waals surface area (Å²) in [6, 6.07) is 23.3. The lowest BCUT2D eigenvalue weighted by molar-refractivity contribution is 0.720. The second-order valence-electron chi connectivity index (χ2n) is 10.4. The molecule has 0 aromatic heterocycles. The van der Waals surface area contributed by atoms with Crippen LogP contribution in [0.15, 0.2) is 71.7 Å². The Morgan fingerprint density at radius 2 is 1.31 bits per heavy atom. The van der Waals surface area contributed by atoms with Gasteiger partial charge in [0.1, 0.15) is 13.9 Å². The largest absolute Gasteiger partial charge is 0.368 e. The van der Waals surface area contributed by atoms with Gasteiger partial charge < -0.3 is 11.7 Å². The molecule has 0 aliphatic rings. The lowest BCUT2D eigenvalue weighted by Crippen LogP contribution is -2.32. The van der Waals surface area contributed by atoms with Gasteiger partial charge in [0.2, 0.25) is 0 Å². The maximum absolute atomic E-state index is 7.42. The summed E-state index contributed by atoms with van der Waals surface area (Å²) in [6.45, 7) is 15.3. The second-order valence-corrected chi connectivity index (χ2v) is 15.1. The molecule has 0 saturated carbocycles. The lowest BCUT2D eigenvalue weighted by atomic mass is 9.90. The Morgan fingerprint density at radius 1 is 0.800 bits per heavy atom. The third-order valence-electron chi connectivity index (χ3n) is 5.23. The highest BCUT2D eigenvalue weighted by Crippen LogP contribution is 2.33. The van der Waals surface area contributed by atoms with Crippen LogP contribution in [0.2, 0.25) is 19.6 Å². The van der Waals surface area contributed by atoms with E-state index in [4.69, 9.17) is 11.4 Å². The minimum absolute atomic E-state index is 0.145. The summed E-state index contributed by atoms with van der Waals surface area (Å²) in [6.07, 6.45) is 7.42. The number of nitrogens with one attached hydrogen (secondary N) is 1. The zero-order chi connectivity index (χ0) is 25.6. The molecule has 0 bridgehead atoms. The van der Waals surface area contributed by atoms with Gasteiger partial charge in [0.05, 0.1) is 0 Å². The topological polar surface area (TPSA) is 24.4 Å². The zero-order valence-electron chi connectivity index (χ0n) is 22.0. The maximum atomic E-state index is 7.42. The molecular weight excluding hydrogens is 440 g/mol. The van der Waals surface area contributed by atoms with Crippen molar-refractivity contribution in [3.63, 3.8) is 0 Å². The quantitative estimate of drug-likeness (QED) is 0.135. The van der Waals surface area contributed by atoms with Gasteiger partial charge in [-0.3, -0.25) is 10.9 Å². The number of aliphatic imine (C=N–C) groups is 1. The molecule has 3 rings (SSSR count). The van der Waals surface area contributed by atoms with E-state index in [1.807, 2.05) is 12.1 Å². The van der Waals surface area contributed by atoms with E-state index in [-0.39, 0.29) is 12.1 Å². The molecule has 3 heteroatoms. The first-order valence-electron chi connectivity index (χ1n) is 12.2. The van der Waals surface area contributed by atoms with Gasteiger partial charge in [-0.25, -0.2) is 0 Å². The van der Waals surface area contributed by atoms with Crippen LogP contribution in [0.3, 0.4) is 0 Å². The molecule has 1 N–H and O–H groups in total. The normalized spacial score (nSPS) is 11.7. The van der Waals surface area contributed by atoms with Crippen LogP contribution in [-0.2, 0) is 0 Å². The molecule has 2 nitrogen and oxygen atoms in total. The van der Waals surface area contributed by atoms with Crippen LogP contribution < -0.4 is 5.32 Å². The van der Waals surface area contributed by atoms with Gasteiger partial charge in [-0.15, -0.1) is 23.2 Å². The summed E-state index contributed by atoms with van der Waals surface area (Å²) < 4.78 is 0. The Morgan fingerprint density at radius 3 is 1.74 bits per heavy atom. The smallest absolute Gasteiger partial charge is 0.129 e. The van der Waals surface area contributed by atoms with Crippen LogP contribution in [0.25, 0.3) is 22.3 Å². The maximum Gasteiger partial charge on any atom is 0.129 e. The number of hydrogen-bond donors (Lipinski definition) is 1. The fourth-order valence-electron chi connectivity index (χ4n) is 3.72. The van der Waals surface area contributed by atoms with Gasteiger partial charge in [-0.05, 0) is 62.1 Å². The van der Waals surface area contributed by atoms with E-state index in [1.165, 1.54) is 0 Å². The summed E-state index contributed by atoms with van der Waals surface area (Å²) in [7, 11) is -1.43. The predicted octanol–water partition coefficient (Wildman–Crippen LogP) is 7.34. The molecule has 178 valence electrons. The van der Waals surface area contributed by atoms with Crippen molar-refractivity contribution in [2.75, 3.05) is 0 Å². The van der Waals surface area contributed by atoms with Crippen molar-refractivity contribution in [1.82, 2.24) is 5.32 Å². The average molecular weight is 476 g/mol. The van der Waals surface area contributed by atoms with Gasteiger partial charge in [-0.2, -0.15) is 0 Å². The summed E-state index contributed by atoms with van der Waals surface area (Å²) in [5, 5.41) is 3.61. The van der Waals surface area contributed by atoms with Crippen molar-refractivity contribution in [3.05, 3.63) is 89.8 Å². The van der Waals surface area contributed by atoms with Crippen molar-refractivity contribution < 1.29 is 0 Å². The molecule has 0 amide bonds. The molecule has 0 fully saturated rings. The molecule has 3 aromatic carbocycles. The summed E-state index contributed by atoms with van der Waals surface area (Å²) in [5.74, 6) is 6.71. The van der Waals surface area contributed by atoms with Crippen LogP contribution in [0, 0.1) is 23.8 Å². The van der Waals surface area contributed by atoms with Gasteiger partial charge >= 0.3 is 0 Å². The highest BCUT2D eigenvalue weighted by molar-refractivity contribution is 6.83. The molecule has 0 aliphatic heterocycles. The fraction of sp³-hybridized carbons (Fsp3) is 0.281. The van der Waals surface area contributed by atoms with Crippen molar-refractivity contribution in [2.24, 2.45) is 4.99 Å². The number of benzene rings is 3. The molecular formula is C32H35N2Si-. The standard InChI is InChI=1S/C32H35N2Si/c1-9-25-13-17-27(18-14-25)29-11-10-12-30(31(29)32(33-23(2)3)34-24(4)5)28-19-15-26(16-20-28)21-22-35(6,7)8/h10-20,23-24H,2-8H3,(H,33,34)/q-1. The van der Waals surface area contributed by atoms with E-state index in [0.717, 1.165) is 44.8 Å². The Kier molecular flexibility index (Phi) is 8.39. The summed E-state index contributed by atoms with van der Waals surface area (Å²) in [5.41, 5.74) is 10.8. The first-order valence-corrected chi connectivity index (χ1v) is 15.7. The number of rotatable bonds is 5. The highest BCUT2D eigenvalue weighted by atomic mass is 28.3. The number of hydrogen-bond acceptors (Lipinski definition) is 1.